The monoisotopic (exact) mass is 253 g/mol. The van der Waals surface area contributed by atoms with Gasteiger partial charge in [-0.15, -0.1) is 0 Å². The quantitative estimate of drug-likeness (QED) is 0.618. The summed E-state index contributed by atoms with van der Waals surface area (Å²) in [6.07, 6.45) is 5.17. The van der Waals surface area contributed by atoms with Crippen LogP contribution in [0.3, 0.4) is 0 Å². The third-order valence-corrected chi connectivity index (χ3v) is 3.04. The number of hydrogen-bond donors (Lipinski definition) is 1. The zero-order valence-corrected chi connectivity index (χ0v) is 10.6. The van der Waals surface area contributed by atoms with Crippen LogP contribution >= 0.6 is 0 Å². The van der Waals surface area contributed by atoms with Gasteiger partial charge in [0.2, 0.25) is 0 Å². The summed E-state index contributed by atoms with van der Waals surface area (Å²) in [5.41, 5.74) is 0.452. The Balaban J connectivity index is 1.66. The summed E-state index contributed by atoms with van der Waals surface area (Å²) >= 11 is 0. The number of methoxy groups -OCH3 is 1. The van der Waals surface area contributed by atoms with Crippen LogP contribution in [0.2, 0.25) is 0 Å². The largest absolute Gasteiger partial charge is 0.467 e. The zero-order valence-electron chi connectivity index (χ0n) is 10.6. The summed E-state index contributed by atoms with van der Waals surface area (Å²) in [6.45, 7) is 2.40. The molecule has 2 heterocycles. The van der Waals surface area contributed by atoms with Gasteiger partial charge in [-0.25, -0.2) is 4.79 Å². The Kier molecular flexibility index (Phi) is 4.78. The van der Waals surface area contributed by atoms with E-state index in [1.165, 1.54) is 19.8 Å². The van der Waals surface area contributed by atoms with E-state index in [1.807, 2.05) is 0 Å². The summed E-state index contributed by atoms with van der Waals surface area (Å²) in [4.78, 5) is 11.2. The summed E-state index contributed by atoms with van der Waals surface area (Å²) in [5.74, 6) is 0.368. The van der Waals surface area contributed by atoms with Crippen molar-refractivity contribution >= 4 is 5.97 Å². The molecule has 0 bridgehead atoms. The van der Waals surface area contributed by atoms with Crippen LogP contribution in [-0.2, 0) is 16.0 Å². The molecule has 1 aromatic rings. The predicted octanol–water partition coefficient (Wildman–Crippen LogP) is 1.72. The first-order chi connectivity index (χ1) is 8.79. The number of nitrogens with one attached hydrogen (secondary N) is 1. The van der Waals surface area contributed by atoms with Crippen LogP contribution in [0, 0.1) is 0 Å². The standard InChI is InChI=1S/C13H19NO4/c1-16-13(15)10-7-12(18-9-10)8-14-5-4-11-3-2-6-17-11/h7,9,11,14H,2-6,8H2,1H3. The van der Waals surface area contributed by atoms with E-state index >= 15 is 0 Å². The molecule has 0 aromatic carbocycles. The van der Waals surface area contributed by atoms with Crippen LogP contribution < -0.4 is 5.32 Å². The van der Waals surface area contributed by atoms with E-state index in [4.69, 9.17) is 9.15 Å². The van der Waals surface area contributed by atoms with Gasteiger partial charge in [0, 0.05) is 6.61 Å². The fourth-order valence-corrected chi connectivity index (χ4v) is 2.04. The molecular weight excluding hydrogens is 234 g/mol. The number of esters is 1. The van der Waals surface area contributed by atoms with Crippen molar-refractivity contribution in [2.24, 2.45) is 0 Å². The number of ether oxygens (including phenoxy) is 2. The SMILES string of the molecule is COC(=O)c1coc(CNCCC2CCCO2)c1. The number of carbonyl (C=O) groups excluding carboxylic acids is 1. The van der Waals surface area contributed by atoms with Crippen LogP contribution in [-0.4, -0.2) is 32.3 Å². The van der Waals surface area contributed by atoms with Gasteiger partial charge in [0.05, 0.1) is 25.3 Å². The van der Waals surface area contributed by atoms with Gasteiger partial charge < -0.3 is 19.2 Å². The summed E-state index contributed by atoms with van der Waals surface area (Å²) in [6, 6.07) is 1.70. The normalized spacial score (nSPS) is 19.1. The van der Waals surface area contributed by atoms with Crippen molar-refractivity contribution in [3.8, 4) is 0 Å². The molecule has 1 aliphatic heterocycles. The Labute approximate surface area is 106 Å². The minimum absolute atomic E-state index is 0.371. The van der Waals surface area contributed by atoms with E-state index in [-0.39, 0.29) is 5.97 Å². The minimum atomic E-state index is -0.371. The lowest BCUT2D eigenvalue weighted by molar-refractivity contribution is 0.0600. The topological polar surface area (TPSA) is 60.7 Å². The van der Waals surface area contributed by atoms with Crippen molar-refractivity contribution in [3.63, 3.8) is 0 Å². The Morgan fingerprint density at radius 3 is 3.22 bits per heavy atom. The Bertz CT molecular complexity index is 382. The molecule has 1 atom stereocenters. The molecule has 1 unspecified atom stereocenters. The molecule has 5 nitrogen and oxygen atoms in total. The van der Waals surface area contributed by atoms with E-state index in [0.717, 1.165) is 31.8 Å². The van der Waals surface area contributed by atoms with Gasteiger partial charge in [-0.05, 0) is 31.9 Å². The molecule has 1 fully saturated rings. The Hall–Kier alpha value is -1.33. The highest BCUT2D eigenvalue weighted by atomic mass is 16.5. The van der Waals surface area contributed by atoms with Crippen LogP contribution in [0.15, 0.2) is 16.7 Å². The molecule has 0 saturated carbocycles. The van der Waals surface area contributed by atoms with Gasteiger partial charge in [0.1, 0.15) is 12.0 Å². The van der Waals surface area contributed by atoms with E-state index in [1.54, 1.807) is 6.07 Å². The van der Waals surface area contributed by atoms with E-state index in [0.29, 0.717) is 18.2 Å². The number of rotatable bonds is 6. The third-order valence-electron chi connectivity index (χ3n) is 3.04. The second-order valence-corrected chi connectivity index (χ2v) is 4.39. The van der Waals surface area contributed by atoms with E-state index < -0.39 is 0 Å². The molecule has 0 spiro atoms. The van der Waals surface area contributed by atoms with E-state index in [9.17, 15) is 4.79 Å². The van der Waals surface area contributed by atoms with E-state index in [2.05, 4.69) is 10.1 Å². The third kappa shape index (κ3) is 3.58. The highest BCUT2D eigenvalue weighted by Gasteiger charge is 2.14. The minimum Gasteiger partial charge on any atom is -0.467 e. The van der Waals surface area contributed by atoms with Gasteiger partial charge in [-0.3, -0.25) is 0 Å². The highest BCUT2D eigenvalue weighted by Crippen LogP contribution is 2.14. The molecule has 1 aromatic heterocycles. The van der Waals surface area contributed by atoms with Gasteiger partial charge in [0.15, 0.2) is 0 Å². The maximum absolute atomic E-state index is 11.2. The highest BCUT2D eigenvalue weighted by molar-refractivity contribution is 5.88. The summed E-state index contributed by atoms with van der Waals surface area (Å²) < 4.78 is 15.4. The fraction of sp³-hybridized carbons (Fsp3) is 0.615. The van der Waals surface area contributed by atoms with Crippen molar-refractivity contribution in [1.29, 1.82) is 0 Å². The Morgan fingerprint density at radius 1 is 1.61 bits per heavy atom. The molecule has 0 aliphatic carbocycles. The lowest BCUT2D eigenvalue weighted by Gasteiger charge is -2.08. The molecule has 1 saturated heterocycles. The average Bonchev–Trinajstić information content (AvgIpc) is 3.05. The predicted molar refractivity (Wildman–Crippen MR) is 65.3 cm³/mol. The van der Waals surface area contributed by atoms with Crippen LogP contribution in [0.25, 0.3) is 0 Å². The second kappa shape index (κ2) is 6.56. The smallest absolute Gasteiger partial charge is 0.341 e. The molecule has 2 rings (SSSR count). The molecule has 1 N–H and O–H groups in total. The molecule has 100 valence electrons. The average molecular weight is 253 g/mol. The van der Waals surface area contributed by atoms with Crippen molar-refractivity contribution in [2.45, 2.75) is 31.9 Å². The van der Waals surface area contributed by atoms with Gasteiger partial charge in [-0.1, -0.05) is 0 Å². The lowest BCUT2D eigenvalue weighted by atomic mass is 10.2. The Morgan fingerprint density at radius 2 is 2.50 bits per heavy atom. The fourth-order valence-electron chi connectivity index (χ4n) is 2.04. The van der Waals surface area contributed by atoms with Crippen molar-refractivity contribution in [1.82, 2.24) is 5.32 Å². The lowest BCUT2D eigenvalue weighted by Crippen LogP contribution is -2.19. The molecule has 5 heteroatoms. The number of carbonyl (C=O) groups is 1. The van der Waals surface area contributed by atoms with Crippen molar-refractivity contribution in [2.75, 3.05) is 20.3 Å². The number of furan rings is 1. The molecule has 18 heavy (non-hydrogen) atoms. The molecule has 0 radical (unpaired) electrons. The first-order valence-corrected chi connectivity index (χ1v) is 6.27. The van der Waals surface area contributed by atoms with Crippen LogP contribution in [0.1, 0.15) is 35.4 Å². The van der Waals surface area contributed by atoms with Gasteiger partial charge in [-0.2, -0.15) is 0 Å². The molecule has 1 aliphatic rings. The van der Waals surface area contributed by atoms with Gasteiger partial charge >= 0.3 is 5.97 Å². The van der Waals surface area contributed by atoms with Gasteiger partial charge in [0.25, 0.3) is 0 Å². The summed E-state index contributed by atoms with van der Waals surface area (Å²) in [7, 11) is 1.36. The molecule has 0 amide bonds. The first kappa shape index (κ1) is 13.1. The van der Waals surface area contributed by atoms with Crippen LogP contribution in [0.5, 0.6) is 0 Å². The number of hydrogen-bond acceptors (Lipinski definition) is 5. The first-order valence-electron chi connectivity index (χ1n) is 6.27. The maximum atomic E-state index is 11.2. The zero-order chi connectivity index (χ0) is 12.8. The maximum Gasteiger partial charge on any atom is 0.341 e. The molecular formula is C13H19NO4. The van der Waals surface area contributed by atoms with Crippen LogP contribution in [0.4, 0.5) is 0 Å². The second-order valence-electron chi connectivity index (χ2n) is 4.39. The van der Waals surface area contributed by atoms with Crippen molar-refractivity contribution in [3.05, 3.63) is 23.7 Å². The van der Waals surface area contributed by atoms with Crippen molar-refractivity contribution < 1.29 is 18.7 Å². The summed E-state index contributed by atoms with van der Waals surface area (Å²) in [5, 5.41) is 3.27.